The molecule has 1 amide bonds. The average Bonchev–Trinajstić information content (AvgIpc) is 2.44. The Kier molecular flexibility index (Phi) is 6.01. The molecule has 1 atom stereocenters. The molecule has 0 spiro atoms. The van der Waals surface area contributed by atoms with Crippen LogP contribution in [-0.2, 0) is 20.7 Å². The van der Waals surface area contributed by atoms with E-state index in [1.54, 1.807) is 30.3 Å². The minimum absolute atomic E-state index is 0.0780. The lowest BCUT2D eigenvalue weighted by molar-refractivity contribution is -0.160. The molecular formula is C13H14F3NO4. The van der Waals surface area contributed by atoms with Gasteiger partial charge in [-0.3, -0.25) is 0 Å². The van der Waals surface area contributed by atoms with Crippen molar-refractivity contribution in [3.63, 3.8) is 0 Å². The number of alkyl carbamates (subject to hydrolysis) is 1. The van der Waals surface area contributed by atoms with Crippen LogP contribution in [-0.4, -0.2) is 38.0 Å². The maximum Gasteiger partial charge on any atom is 0.422 e. The zero-order valence-electron chi connectivity index (χ0n) is 11.1. The molecule has 1 aromatic carbocycles. The fourth-order valence-electron chi connectivity index (χ4n) is 1.52. The quantitative estimate of drug-likeness (QED) is 0.846. The second kappa shape index (κ2) is 7.51. The molecule has 1 unspecified atom stereocenters. The number of methoxy groups -OCH3 is 1. The molecule has 0 saturated heterocycles. The Morgan fingerprint density at radius 2 is 1.86 bits per heavy atom. The molecule has 0 bridgehead atoms. The molecule has 116 valence electrons. The van der Waals surface area contributed by atoms with Crippen molar-refractivity contribution in [3.05, 3.63) is 35.9 Å². The topological polar surface area (TPSA) is 64.6 Å². The van der Waals surface area contributed by atoms with Crippen LogP contribution in [0.2, 0.25) is 0 Å². The third-order valence-electron chi connectivity index (χ3n) is 2.43. The fraction of sp³-hybridized carbons (Fsp3) is 0.385. The first kappa shape index (κ1) is 16.8. The SMILES string of the molecule is COC(=O)C(Cc1ccccc1)NC(=O)OCC(F)(F)F. The largest absolute Gasteiger partial charge is 0.467 e. The number of nitrogens with one attached hydrogen (secondary N) is 1. The Labute approximate surface area is 119 Å². The van der Waals surface area contributed by atoms with Crippen LogP contribution in [0.1, 0.15) is 5.56 Å². The summed E-state index contributed by atoms with van der Waals surface area (Å²) < 4.78 is 44.3. The summed E-state index contributed by atoms with van der Waals surface area (Å²) in [6.45, 7) is -1.72. The number of alkyl halides is 3. The first-order chi connectivity index (χ1) is 9.81. The van der Waals surface area contributed by atoms with Crippen molar-refractivity contribution in [2.45, 2.75) is 18.6 Å². The van der Waals surface area contributed by atoms with Crippen molar-refractivity contribution in [1.82, 2.24) is 5.32 Å². The van der Waals surface area contributed by atoms with Crippen molar-refractivity contribution in [1.29, 1.82) is 0 Å². The molecule has 1 N–H and O–H groups in total. The molecule has 0 aliphatic carbocycles. The molecule has 0 aromatic heterocycles. The number of hydrogen-bond donors (Lipinski definition) is 1. The summed E-state index contributed by atoms with van der Waals surface area (Å²) in [5.74, 6) is -0.775. The second-order valence-corrected chi connectivity index (χ2v) is 4.10. The molecule has 0 saturated carbocycles. The van der Waals surface area contributed by atoms with E-state index in [0.717, 1.165) is 7.11 Å². The highest BCUT2D eigenvalue weighted by molar-refractivity contribution is 5.81. The summed E-state index contributed by atoms with van der Waals surface area (Å²) >= 11 is 0. The van der Waals surface area contributed by atoms with E-state index < -0.39 is 30.9 Å². The fourth-order valence-corrected chi connectivity index (χ4v) is 1.52. The van der Waals surface area contributed by atoms with Crippen molar-refractivity contribution >= 4 is 12.1 Å². The standard InChI is InChI=1S/C13H14F3NO4/c1-20-11(18)10(7-9-5-3-2-4-6-9)17-12(19)21-8-13(14,15)16/h2-6,10H,7-8H2,1H3,(H,17,19). The van der Waals surface area contributed by atoms with E-state index in [1.165, 1.54) is 0 Å². The highest BCUT2D eigenvalue weighted by Gasteiger charge is 2.30. The summed E-state index contributed by atoms with van der Waals surface area (Å²) in [5.41, 5.74) is 0.712. The number of amides is 1. The van der Waals surface area contributed by atoms with Crippen LogP contribution in [0.25, 0.3) is 0 Å². The van der Waals surface area contributed by atoms with Gasteiger partial charge in [0.25, 0.3) is 0 Å². The first-order valence-corrected chi connectivity index (χ1v) is 5.93. The maximum absolute atomic E-state index is 11.9. The third kappa shape index (κ3) is 6.64. The van der Waals surface area contributed by atoms with E-state index in [4.69, 9.17) is 0 Å². The van der Waals surface area contributed by atoms with Crippen LogP contribution in [0.15, 0.2) is 30.3 Å². The number of carbonyl (C=O) groups is 2. The molecule has 0 aliphatic rings. The number of hydrogen-bond acceptors (Lipinski definition) is 4. The van der Waals surface area contributed by atoms with Crippen molar-refractivity contribution < 1.29 is 32.2 Å². The summed E-state index contributed by atoms with van der Waals surface area (Å²) in [6, 6.07) is 7.51. The smallest absolute Gasteiger partial charge is 0.422 e. The second-order valence-electron chi connectivity index (χ2n) is 4.10. The van der Waals surface area contributed by atoms with E-state index >= 15 is 0 Å². The Bertz CT molecular complexity index is 476. The molecule has 0 aliphatic heterocycles. The lowest BCUT2D eigenvalue weighted by Crippen LogP contribution is -2.44. The number of benzene rings is 1. The third-order valence-corrected chi connectivity index (χ3v) is 2.43. The molecule has 8 heteroatoms. The van der Waals surface area contributed by atoms with Crippen LogP contribution < -0.4 is 5.32 Å². The van der Waals surface area contributed by atoms with Gasteiger partial charge in [-0.05, 0) is 5.56 Å². The van der Waals surface area contributed by atoms with Crippen LogP contribution in [0.3, 0.4) is 0 Å². The van der Waals surface area contributed by atoms with Gasteiger partial charge >= 0.3 is 18.2 Å². The lowest BCUT2D eigenvalue weighted by atomic mass is 10.1. The molecule has 1 rings (SSSR count). The van der Waals surface area contributed by atoms with Gasteiger partial charge in [0, 0.05) is 6.42 Å². The number of rotatable bonds is 5. The van der Waals surface area contributed by atoms with E-state index in [1.807, 2.05) is 0 Å². The van der Waals surface area contributed by atoms with Crippen LogP contribution in [0.4, 0.5) is 18.0 Å². The summed E-state index contributed by atoms with van der Waals surface area (Å²) in [5, 5.41) is 2.05. The Hall–Kier alpha value is -2.25. The Balaban J connectivity index is 2.62. The Morgan fingerprint density at radius 1 is 1.24 bits per heavy atom. The highest BCUT2D eigenvalue weighted by atomic mass is 19.4. The lowest BCUT2D eigenvalue weighted by Gasteiger charge is -2.17. The summed E-state index contributed by atoms with van der Waals surface area (Å²) in [4.78, 5) is 22.8. The van der Waals surface area contributed by atoms with Gasteiger partial charge in [0.1, 0.15) is 6.04 Å². The van der Waals surface area contributed by atoms with E-state index in [2.05, 4.69) is 14.8 Å². The number of ether oxygens (including phenoxy) is 2. The van der Waals surface area contributed by atoms with Crippen LogP contribution >= 0.6 is 0 Å². The van der Waals surface area contributed by atoms with E-state index in [9.17, 15) is 22.8 Å². The molecule has 0 fully saturated rings. The minimum atomic E-state index is -4.63. The van der Waals surface area contributed by atoms with Gasteiger partial charge in [-0.2, -0.15) is 13.2 Å². The number of esters is 1. The normalized spacial score (nSPS) is 12.4. The molecule has 0 heterocycles. The first-order valence-electron chi connectivity index (χ1n) is 5.93. The molecule has 5 nitrogen and oxygen atoms in total. The summed E-state index contributed by atoms with van der Waals surface area (Å²) in [7, 11) is 1.11. The molecular weight excluding hydrogens is 291 g/mol. The van der Waals surface area contributed by atoms with Crippen molar-refractivity contribution in [2.24, 2.45) is 0 Å². The van der Waals surface area contributed by atoms with E-state index in [-0.39, 0.29) is 6.42 Å². The average molecular weight is 305 g/mol. The molecule has 0 radical (unpaired) electrons. The Morgan fingerprint density at radius 3 is 2.38 bits per heavy atom. The zero-order valence-corrected chi connectivity index (χ0v) is 11.1. The predicted octanol–water partition coefficient (Wildman–Crippen LogP) is 2.06. The van der Waals surface area contributed by atoms with Crippen LogP contribution in [0.5, 0.6) is 0 Å². The van der Waals surface area contributed by atoms with E-state index in [0.29, 0.717) is 5.56 Å². The highest BCUT2D eigenvalue weighted by Crippen LogP contribution is 2.14. The molecule has 21 heavy (non-hydrogen) atoms. The monoisotopic (exact) mass is 305 g/mol. The number of carbonyl (C=O) groups excluding carboxylic acids is 2. The van der Waals surface area contributed by atoms with Crippen molar-refractivity contribution in [2.75, 3.05) is 13.7 Å². The van der Waals surface area contributed by atoms with Gasteiger partial charge in [0.05, 0.1) is 7.11 Å². The van der Waals surface area contributed by atoms with Gasteiger partial charge < -0.3 is 14.8 Å². The maximum atomic E-state index is 11.9. The predicted molar refractivity (Wildman–Crippen MR) is 66.5 cm³/mol. The van der Waals surface area contributed by atoms with Gasteiger partial charge in [0.2, 0.25) is 0 Å². The summed E-state index contributed by atoms with van der Waals surface area (Å²) in [6.07, 6.45) is -5.88. The van der Waals surface area contributed by atoms with Gasteiger partial charge in [-0.15, -0.1) is 0 Å². The zero-order chi connectivity index (χ0) is 15.9. The minimum Gasteiger partial charge on any atom is -0.467 e. The van der Waals surface area contributed by atoms with Gasteiger partial charge in [-0.1, -0.05) is 30.3 Å². The molecule has 1 aromatic rings. The number of halogens is 3. The van der Waals surface area contributed by atoms with Crippen LogP contribution in [0, 0.1) is 0 Å². The van der Waals surface area contributed by atoms with Crippen molar-refractivity contribution in [3.8, 4) is 0 Å². The van der Waals surface area contributed by atoms with Gasteiger partial charge in [-0.25, -0.2) is 9.59 Å². The van der Waals surface area contributed by atoms with Gasteiger partial charge in [0.15, 0.2) is 6.61 Å².